The first-order valence-electron chi connectivity index (χ1n) is 6.39. The monoisotopic (exact) mass is 360 g/mol. The van der Waals surface area contributed by atoms with E-state index in [1.54, 1.807) is 0 Å². The predicted molar refractivity (Wildman–Crippen MR) is 80.0 cm³/mol. The molecule has 0 saturated heterocycles. The number of halogens is 5. The summed E-state index contributed by atoms with van der Waals surface area (Å²) in [5.74, 6) is -5.28. The van der Waals surface area contributed by atoms with Crippen molar-refractivity contribution >= 4 is 29.1 Å². The third-order valence-corrected chi connectivity index (χ3v) is 3.50. The van der Waals surface area contributed by atoms with Gasteiger partial charge < -0.3 is 11.1 Å². The Kier molecular flexibility index (Phi) is 5.08. The number of anilines is 1. The van der Waals surface area contributed by atoms with Crippen molar-refractivity contribution in [3.63, 3.8) is 0 Å². The number of amides is 2. The number of alkyl halides is 2. The number of carbonyl (C=O) groups is 2. The van der Waals surface area contributed by atoms with Crippen LogP contribution in [0.5, 0.6) is 0 Å². The van der Waals surface area contributed by atoms with Gasteiger partial charge in [-0.05, 0) is 18.2 Å². The van der Waals surface area contributed by atoms with Gasteiger partial charge in [0.15, 0.2) is 5.82 Å². The normalized spacial score (nSPS) is 10.8. The zero-order chi connectivity index (χ0) is 18.0. The Labute approximate surface area is 138 Å². The lowest BCUT2D eigenvalue weighted by molar-refractivity contribution is -0.126. The number of rotatable bonds is 4. The van der Waals surface area contributed by atoms with Crippen molar-refractivity contribution in [3.05, 3.63) is 52.6 Å². The summed E-state index contributed by atoms with van der Waals surface area (Å²) >= 11 is 5.99. The summed E-state index contributed by atoms with van der Waals surface area (Å²) in [6, 6.07) is 5.75. The van der Waals surface area contributed by atoms with E-state index in [1.807, 2.05) is 0 Å². The molecule has 2 aromatic rings. The van der Waals surface area contributed by atoms with Gasteiger partial charge in [0.2, 0.25) is 5.91 Å². The number of primary amides is 1. The van der Waals surface area contributed by atoms with E-state index in [4.69, 9.17) is 17.3 Å². The molecular weight excluding hydrogens is 352 g/mol. The van der Waals surface area contributed by atoms with Crippen molar-refractivity contribution < 1.29 is 27.2 Å². The van der Waals surface area contributed by atoms with Crippen molar-refractivity contribution in [2.24, 2.45) is 5.73 Å². The molecule has 0 aliphatic rings. The predicted octanol–water partition coefficient (Wildman–Crippen LogP) is 3.59. The minimum Gasteiger partial charge on any atom is -0.366 e. The molecule has 9 heteroatoms. The molecule has 3 N–H and O–H groups in total. The zero-order valence-corrected chi connectivity index (χ0v) is 12.5. The molecule has 0 bridgehead atoms. The van der Waals surface area contributed by atoms with Gasteiger partial charge in [0.25, 0.3) is 5.91 Å². The standard InChI is InChI=1S/C15H9ClF4N2O2/c16-10-6(2-1-3-8(10)14(21)23)7-4-5-9(17)12(11(7)18)22-15(24)13(19)20/h1-5,13H,(H2,21,23)(H,22,24). The van der Waals surface area contributed by atoms with Crippen LogP contribution in [0.1, 0.15) is 10.4 Å². The summed E-state index contributed by atoms with van der Waals surface area (Å²) in [6.45, 7) is 0. The van der Waals surface area contributed by atoms with Gasteiger partial charge in [-0.3, -0.25) is 9.59 Å². The maximum Gasteiger partial charge on any atom is 0.315 e. The van der Waals surface area contributed by atoms with Crippen LogP contribution in [-0.2, 0) is 4.79 Å². The first-order valence-corrected chi connectivity index (χ1v) is 6.77. The van der Waals surface area contributed by atoms with Crippen LogP contribution < -0.4 is 11.1 Å². The average Bonchev–Trinajstić information content (AvgIpc) is 2.51. The summed E-state index contributed by atoms with van der Waals surface area (Å²) in [5.41, 5.74) is 3.68. The van der Waals surface area contributed by atoms with E-state index < -0.39 is 35.6 Å². The molecule has 0 heterocycles. The smallest absolute Gasteiger partial charge is 0.315 e. The van der Waals surface area contributed by atoms with E-state index in [0.717, 1.165) is 12.1 Å². The molecule has 0 aromatic heterocycles. The Morgan fingerprint density at radius 3 is 2.33 bits per heavy atom. The molecule has 0 aliphatic heterocycles. The summed E-state index contributed by atoms with van der Waals surface area (Å²) < 4.78 is 52.7. The number of nitrogens with one attached hydrogen (secondary N) is 1. The van der Waals surface area contributed by atoms with Crippen LogP contribution in [-0.4, -0.2) is 18.2 Å². The van der Waals surface area contributed by atoms with Crippen molar-refractivity contribution in [3.8, 4) is 11.1 Å². The van der Waals surface area contributed by atoms with Gasteiger partial charge in [-0.1, -0.05) is 23.7 Å². The maximum absolute atomic E-state index is 14.5. The van der Waals surface area contributed by atoms with Crippen LogP contribution in [0.25, 0.3) is 11.1 Å². The molecule has 0 fully saturated rings. The summed E-state index contributed by atoms with van der Waals surface area (Å²) in [4.78, 5) is 22.3. The van der Waals surface area contributed by atoms with Crippen LogP contribution >= 0.6 is 11.6 Å². The lowest BCUT2D eigenvalue weighted by Gasteiger charge is -2.13. The van der Waals surface area contributed by atoms with Gasteiger partial charge in [0.1, 0.15) is 11.5 Å². The molecule has 4 nitrogen and oxygen atoms in total. The minimum absolute atomic E-state index is 0.0157. The molecule has 126 valence electrons. The van der Waals surface area contributed by atoms with Gasteiger partial charge in [0.05, 0.1) is 10.6 Å². The van der Waals surface area contributed by atoms with Crippen LogP contribution in [0.4, 0.5) is 23.2 Å². The zero-order valence-electron chi connectivity index (χ0n) is 11.7. The van der Waals surface area contributed by atoms with Gasteiger partial charge in [0, 0.05) is 11.1 Å². The molecule has 0 atom stereocenters. The lowest BCUT2D eigenvalue weighted by atomic mass is 10.0. The van der Waals surface area contributed by atoms with E-state index in [9.17, 15) is 27.2 Å². The van der Waals surface area contributed by atoms with Gasteiger partial charge >= 0.3 is 6.43 Å². The average molecular weight is 361 g/mol. The van der Waals surface area contributed by atoms with Crippen LogP contribution in [0, 0.1) is 11.6 Å². The lowest BCUT2D eigenvalue weighted by Crippen LogP contribution is -2.21. The Balaban J connectivity index is 2.60. The Morgan fingerprint density at radius 2 is 1.75 bits per heavy atom. The molecule has 2 aromatic carbocycles. The number of hydrogen-bond acceptors (Lipinski definition) is 2. The first kappa shape index (κ1) is 17.7. The summed E-state index contributed by atoms with van der Waals surface area (Å²) in [5, 5.41) is 1.28. The number of nitrogens with two attached hydrogens (primary N) is 1. The van der Waals surface area contributed by atoms with Crippen molar-refractivity contribution in [1.82, 2.24) is 0 Å². The topological polar surface area (TPSA) is 72.2 Å². The SMILES string of the molecule is NC(=O)c1cccc(-c2ccc(F)c(NC(=O)C(F)F)c2F)c1Cl. The highest BCUT2D eigenvalue weighted by molar-refractivity contribution is 6.36. The number of carbonyl (C=O) groups excluding carboxylic acids is 2. The van der Waals surface area contributed by atoms with Crippen molar-refractivity contribution in [2.75, 3.05) is 5.32 Å². The number of hydrogen-bond donors (Lipinski definition) is 2. The molecular formula is C15H9ClF4N2O2. The van der Waals surface area contributed by atoms with E-state index in [2.05, 4.69) is 0 Å². The molecule has 0 saturated carbocycles. The summed E-state index contributed by atoms with van der Waals surface area (Å²) in [6.07, 6.45) is -3.45. The number of benzene rings is 2. The van der Waals surface area contributed by atoms with Gasteiger partial charge in [-0.25, -0.2) is 8.78 Å². The van der Waals surface area contributed by atoms with Crippen LogP contribution in [0.2, 0.25) is 5.02 Å². The molecule has 2 amide bonds. The van der Waals surface area contributed by atoms with E-state index >= 15 is 0 Å². The third kappa shape index (κ3) is 3.33. The minimum atomic E-state index is -3.45. The second-order valence-electron chi connectivity index (χ2n) is 4.61. The highest BCUT2D eigenvalue weighted by atomic mass is 35.5. The Morgan fingerprint density at radius 1 is 1.08 bits per heavy atom. The van der Waals surface area contributed by atoms with E-state index in [-0.39, 0.29) is 21.7 Å². The van der Waals surface area contributed by atoms with Gasteiger partial charge in [-0.2, -0.15) is 8.78 Å². The molecule has 0 radical (unpaired) electrons. The molecule has 0 unspecified atom stereocenters. The largest absolute Gasteiger partial charge is 0.366 e. The van der Waals surface area contributed by atoms with Crippen molar-refractivity contribution in [1.29, 1.82) is 0 Å². The fraction of sp³-hybridized carbons (Fsp3) is 0.0667. The summed E-state index contributed by atoms with van der Waals surface area (Å²) in [7, 11) is 0. The molecule has 0 spiro atoms. The second-order valence-corrected chi connectivity index (χ2v) is 4.98. The fourth-order valence-corrected chi connectivity index (χ4v) is 2.30. The quantitative estimate of drug-likeness (QED) is 0.818. The van der Waals surface area contributed by atoms with Crippen molar-refractivity contribution in [2.45, 2.75) is 6.43 Å². The van der Waals surface area contributed by atoms with Crippen LogP contribution in [0.3, 0.4) is 0 Å². The third-order valence-electron chi connectivity index (χ3n) is 3.09. The maximum atomic E-state index is 14.5. The second kappa shape index (κ2) is 6.88. The van der Waals surface area contributed by atoms with E-state index in [1.165, 1.54) is 23.5 Å². The highest BCUT2D eigenvalue weighted by Gasteiger charge is 2.23. The molecule has 2 rings (SSSR count). The highest BCUT2D eigenvalue weighted by Crippen LogP contribution is 2.35. The Hall–Kier alpha value is -2.61. The fourth-order valence-electron chi connectivity index (χ4n) is 1.98. The van der Waals surface area contributed by atoms with Gasteiger partial charge in [-0.15, -0.1) is 0 Å². The molecule has 0 aliphatic carbocycles. The van der Waals surface area contributed by atoms with Crippen LogP contribution in [0.15, 0.2) is 30.3 Å². The Bertz CT molecular complexity index is 827. The van der Waals surface area contributed by atoms with E-state index in [0.29, 0.717) is 0 Å². The molecule has 24 heavy (non-hydrogen) atoms. The first-order chi connectivity index (χ1) is 11.2.